The molecule has 0 radical (unpaired) electrons. The molecule has 0 amide bonds. The summed E-state index contributed by atoms with van der Waals surface area (Å²) in [4.78, 5) is 16.9. The number of piperazine rings is 1. The lowest BCUT2D eigenvalue weighted by molar-refractivity contribution is 0.258. The van der Waals surface area contributed by atoms with Crippen molar-refractivity contribution < 1.29 is 4.74 Å². The predicted molar refractivity (Wildman–Crippen MR) is 110 cm³/mol. The standard InChI is InChI=1S/C21H25N5O2/c1-28-19-10-6-5-9-18(19)25-15-13-24(14-16-25)12-11-20-22-23-21(27)26(20)17-7-3-2-4-8-17/h2-10H,11-16H2,1H3,(H,23,27). The highest BCUT2D eigenvalue weighted by Crippen LogP contribution is 2.28. The van der Waals surface area contributed by atoms with Crippen molar-refractivity contribution in [3.8, 4) is 11.4 Å². The summed E-state index contributed by atoms with van der Waals surface area (Å²) in [5.74, 6) is 1.68. The molecule has 1 fully saturated rings. The van der Waals surface area contributed by atoms with E-state index >= 15 is 0 Å². The summed E-state index contributed by atoms with van der Waals surface area (Å²) in [6.07, 6.45) is 0.724. The molecule has 28 heavy (non-hydrogen) atoms. The number of hydrogen-bond donors (Lipinski definition) is 1. The van der Waals surface area contributed by atoms with E-state index in [1.54, 1.807) is 11.7 Å². The Morgan fingerprint density at radius 1 is 1.00 bits per heavy atom. The highest BCUT2D eigenvalue weighted by molar-refractivity contribution is 5.58. The molecule has 2 heterocycles. The Kier molecular flexibility index (Phi) is 5.43. The predicted octanol–water partition coefficient (Wildman–Crippen LogP) is 1.93. The molecule has 1 saturated heterocycles. The lowest BCUT2D eigenvalue weighted by Gasteiger charge is -2.36. The Bertz CT molecular complexity index is 958. The SMILES string of the molecule is COc1ccccc1N1CCN(CCc2n[nH]c(=O)n2-c2ccccc2)CC1. The molecule has 7 nitrogen and oxygen atoms in total. The molecule has 146 valence electrons. The second-order valence-corrected chi connectivity index (χ2v) is 6.87. The van der Waals surface area contributed by atoms with Crippen LogP contribution in [-0.2, 0) is 6.42 Å². The van der Waals surface area contributed by atoms with Crippen molar-refractivity contribution in [1.82, 2.24) is 19.7 Å². The smallest absolute Gasteiger partial charge is 0.347 e. The third-order valence-corrected chi connectivity index (χ3v) is 5.21. The van der Waals surface area contributed by atoms with E-state index in [0.29, 0.717) is 0 Å². The maximum absolute atomic E-state index is 12.2. The number of aromatic amines is 1. The van der Waals surface area contributed by atoms with E-state index in [4.69, 9.17) is 4.74 Å². The maximum atomic E-state index is 12.2. The van der Waals surface area contributed by atoms with Gasteiger partial charge < -0.3 is 9.64 Å². The molecule has 0 saturated carbocycles. The van der Waals surface area contributed by atoms with Crippen LogP contribution in [0.2, 0.25) is 0 Å². The largest absolute Gasteiger partial charge is 0.495 e. The molecule has 0 unspecified atom stereocenters. The number of aromatic nitrogens is 3. The molecule has 1 aliphatic heterocycles. The molecular weight excluding hydrogens is 354 g/mol. The molecule has 3 aromatic rings. The van der Waals surface area contributed by atoms with Gasteiger partial charge in [-0.2, -0.15) is 5.10 Å². The van der Waals surface area contributed by atoms with Gasteiger partial charge in [-0.15, -0.1) is 0 Å². The first kappa shape index (κ1) is 18.3. The number of para-hydroxylation sites is 3. The van der Waals surface area contributed by atoms with E-state index in [2.05, 4.69) is 26.1 Å². The van der Waals surface area contributed by atoms with Crippen LogP contribution < -0.4 is 15.3 Å². The number of ether oxygens (including phenoxy) is 1. The topological polar surface area (TPSA) is 66.4 Å². The molecule has 4 rings (SSSR count). The van der Waals surface area contributed by atoms with Crippen molar-refractivity contribution in [3.63, 3.8) is 0 Å². The molecule has 2 aromatic carbocycles. The average molecular weight is 379 g/mol. The molecule has 7 heteroatoms. The Morgan fingerprint density at radius 3 is 2.46 bits per heavy atom. The zero-order valence-corrected chi connectivity index (χ0v) is 16.0. The van der Waals surface area contributed by atoms with Gasteiger partial charge in [0.15, 0.2) is 0 Å². The van der Waals surface area contributed by atoms with Crippen LogP contribution in [0.3, 0.4) is 0 Å². The van der Waals surface area contributed by atoms with Crippen molar-refractivity contribution in [2.45, 2.75) is 6.42 Å². The quantitative estimate of drug-likeness (QED) is 0.709. The number of anilines is 1. The number of nitrogens with one attached hydrogen (secondary N) is 1. The minimum atomic E-state index is -0.192. The van der Waals surface area contributed by atoms with Crippen molar-refractivity contribution in [3.05, 3.63) is 70.9 Å². The van der Waals surface area contributed by atoms with Crippen molar-refractivity contribution in [2.24, 2.45) is 0 Å². The van der Waals surface area contributed by atoms with Gasteiger partial charge in [-0.05, 0) is 24.3 Å². The summed E-state index contributed by atoms with van der Waals surface area (Å²) >= 11 is 0. The van der Waals surface area contributed by atoms with Crippen LogP contribution in [0.5, 0.6) is 5.75 Å². The minimum absolute atomic E-state index is 0.192. The monoisotopic (exact) mass is 379 g/mol. The van der Waals surface area contributed by atoms with Crippen LogP contribution in [0.1, 0.15) is 5.82 Å². The van der Waals surface area contributed by atoms with Crippen LogP contribution in [0, 0.1) is 0 Å². The molecule has 0 bridgehead atoms. The first-order valence-electron chi connectivity index (χ1n) is 9.58. The lowest BCUT2D eigenvalue weighted by atomic mass is 10.2. The molecule has 1 N–H and O–H groups in total. The summed E-state index contributed by atoms with van der Waals surface area (Å²) in [6, 6.07) is 17.8. The summed E-state index contributed by atoms with van der Waals surface area (Å²) in [6.45, 7) is 4.71. The van der Waals surface area contributed by atoms with Gasteiger partial charge in [0, 0.05) is 39.1 Å². The fourth-order valence-electron chi connectivity index (χ4n) is 3.70. The van der Waals surface area contributed by atoms with E-state index in [-0.39, 0.29) is 5.69 Å². The van der Waals surface area contributed by atoms with E-state index in [1.165, 1.54) is 0 Å². The normalized spacial score (nSPS) is 15.0. The van der Waals surface area contributed by atoms with Gasteiger partial charge in [-0.3, -0.25) is 4.90 Å². The van der Waals surface area contributed by atoms with Gasteiger partial charge in [0.05, 0.1) is 18.5 Å². The van der Waals surface area contributed by atoms with Crippen LogP contribution >= 0.6 is 0 Å². The fourth-order valence-corrected chi connectivity index (χ4v) is 3.70. The Morgan fingerprint density at radius 2 is 1.71 bits per heavy atom. The number of H-pyrrole nitrogens is 1. The van der Waals surface area contributed by atoms with Gasteiger partial charge in [0.25, 0.3) is 0 Å². The zero-order chi connectivity index (χ0) is 19.3. The second kappa shape index (κ2) is 8.31. The van der Waals surface area contributed by atoms with Crippen LogP contribution in [0.15, 0.2) is 59.4 Å². The van der Waals surface area contributed by atoms with Gasteiger partial charge in [-0.25, -0.2) is 14.5 Å². The molecule has 0 atom stereocenters. The van der Waals surface area contributed by atoms with E-state index < -0.39 is 0 Å². The van der Waals surface area contributed by atoms with Crippen LogP contribution in [0.4, 0.5) is 5.69 Å². The van der Waals surface area contributed by atoms with Gasteiger partial charge in [0.2, 0.25) is 0 Å². The van der Waals surface area contributed by atoms with E-state index in [0.717, 1.165) is 62.1 Å². The highest BCUT2D eigenvalue weighted by Gasteiger charge is 2.20. The number of rotatable bonds is 6. The number of hydrogen-bond acceptors (Lipinski definition) is 5. The molecule has 1 aromatic heterocycles. The second-order valence-electron chi connectivity index (χ2n) is 6.87. The molecule has 0 spiro atoms. The Hall–Kier alpha value is -3.06. The number of nitrogens with zero attached hydrogens (tertiary/aromatic N) is 4. The van der Waals surface area contributed by atoms with E-state index in [1.807, 2.05) is 48.5 Å². The third-order valence-electron chi connectivity index (χ3n) is 5.21. The fraction of sp³-hybridized carbons (Fsp3) is 0.333. The van der Waals surface area contributed by atoms with Crippen molar-refractivity contribution in [1.29, 1.82) is 0 Å². The highest BCUT2D eigenvalue weighted by atomic mass is 16.5. The Labute approximate surface area is 164 Å². The summed E-state index contributed by atoms with van der Waals surface area (Å²) < 4.78 is 7.15. The average Bonchev–Trinajstić information content (AvgIpc) is 3.13. The van der Waals surface area contributed by atoms with Crippen molar-refractivity contribution in [2.75, 3.05) is 44.7 Å². The third kappa shape index (κ3) is 3.80. The zero-order valence-electron chi connectivity index (χ0n) is 16.0. The summed E-state index contributed by atoms with van der Waals surface area (Å²) in [7, 11) is 1.71. The van der Waals surface area contributed by atoms with Crippen LogP contribution in [0.25, 0.3) is 5.69 Å². The van der Waals surface area contributed by atoms with E-state index in [9.17, 15) is 4.79 Å². The summed E-state index contributed by atoms with van der Waals surface area (Å²) in [5.41, 5.74) is 1.80. The first-order valence-corrected chi connectivity index (χ1v) is 9.58. The van der Waals surface area contributed by atoms with Crippen LogP contribution in [-0.4, -0.2) is 59.5 Å². The molecule has 1 aliphatic rings. The number of methoxy groups -OCH3 is 1. The molecular formula is C21H25N5O2. The first-order chi connectivity index (χ1) is 13.8. The molecule has 0 aliphatic carbocycles. The summed E-state index contributed by atoms with van der Waals surface area (Å²) in [5, 5.41) is 6.82. The lowest BCUT2D eigenvalue weighted by Crippen LogP contribution is -2.47. The number of benzene rings is 2. The maximum Gasteiger partial charge on any atom is 0.347 e. The minimum Gasteiger partial charge on any atom is -0.495 e. The van der Waals surface area contributed by atoms with Gasteiger partial charge in [0.1, 0.15) is 11.6 Å². The van der Waals surface area contributed by atoms with Gasteiger partial charge in [-0.1, -0.05) is 30.3 Å². The Balaban J connectivity index is 1.37. The van der Waals surface area contributed by atoms with Crippen molar-refractivity contribution >= 4 is 5.69 Å². The van der Waals surface area contributed by atoms with Gasteiger partial charge >= 0.3 is 5.69 Å².